The van der Waals surface area contributed by atoms with Crippen LogP contribution in [-0.4, -0.2) is 47.5 Å². The maximum atomic E-state index is 12.8. The number of nitrogens with one attached hydrogen (secondary N) is 1. The van der Waals surface area contributed by atoms with Crippen LogP contribution >= 0.6 is 0 Å². The van der Waals surface area contributed by atoms with E-state index in [9.17, 15) is 4.79 Å². The van der Waals surface area contributed by atoms with Crippen LogP contribution in [0, 0.1) is 5.92 Å². The lowest BCUT2D eigenvalue weighted by Gasteiger charge is -2.32. The summed E-state index contributed by atoms with van der Waals surface area (Å²) in [5, 5.41) is 3.20. The van der Waals surface area contributed by atoms with Crippen LogP contribution in [0.15, 0.2) is 30.6 Å². The van der Waals surface area contributed by atoms with Gasteiger partial charge >= 0.3 is 0 Å². The number of carbonyl (C=O) groups is 1. The van der Waals surface area contributed by atoms with Crippen LogP contribution < -0.4 is 5.32 Å². The van der Waals surface area contributed by atoms with Gasteiger partial charge in [0.15, 0.2) is 0 Å². The molecule has 0 saturated carbocycles. The first kappa shape index (κ1) is 14.9. The Bertz CT molecular complexity index is 645. The predicted octanol–water partition coefficient (Wildman–Crippen LogP) is 2.09. The summed E-state index contributed by atoms with van der Waals surface area (Å²) < 4.78 is 0. The van der Waals surface area contributed by atoms with Crippen molar-refractivity contribution in [2.75, 3.05) is 26.7 Å². The quantitative estimate of drug-likeness (QED) is 0.939. The van der Waals surface area contributed by atoms with Crippen LogP contribution in [0.25, 0.3) is 11.0 Å². The summed E-state index contributed by atoms with van der Waals surface area (Å²) in [6.07, 6.45) is 6.67. The smallest absolute Gasteiger partial charge is 0.256 e. The Hall–Kier alpha value is -2.01. The Kier molecular flexibility index (Phi) is 4.63. The molecule has 116 valence electrons. The van der Waals surface area contributed by atoms with Gasteiger partial charge in [-0.05, 0) is 50.9 Å². The zero-order valence-corrected chi connectivity index (χ0v) is 13.0. The van der Waals surface area contributed by atoms with Crippen LogP contribution in [0.1, 0.15) is 29.6 Å². The van der Waals surface area contributed by atoms with E-state index in [1.54, 1.807) is 12.4 Å². The van der Waals surface area contributed by atoms with Crippen molar-refractivity contribution in [1.82, 2.24) is 20.2 Å². The van der Waals surface area contributed by atoms with Crippen LogP contribution in [0.4, 0.5) is 0 Å². The summed E-state index contributed by atoms with van der Waals surface area (Å²) in [6.45, 7) is 2.73. The molecule has 1 amide bonds. The molecule has 1 aliphatic heterocycles. The van der Waals surface area contributed by atoms with E-state index in [2.05, 4.69) is 15.3 Å². The van der Waals surface area contributed by atoms with Crippen molar-refractivity contribution < 1.29 is 4.79 Å². The lowest BCUT2D eigenvalue weighted by Crippen LogP contribution is -2.39. The van der Waals surface area contributed by atoms with Gasteiger partial charge in [-0.2, -0.15) is 0 Å². The van der Waals surface area contributed by atoms with Gasteiger partial charge < -0.3 is 10.2 Å². The number of benzene rings is 1. The number of hydrogen-bond donors (Lipinski definition) is 1. The van der Waals surface area contributed by atoms with Gasteiger partial charge in [0.05, 0.1) is 11.1 Å². The number of fused-ring (bicyclic) bond motifs is 1. The summed E-state index contributed by atoms with van der Waals surface area (Å²) in [5.41, 5.74) is 2.14. The normalized spacial score (nSPS) is 16.1. The summed E-state index contributed by atoms with van der Waals surface area (Å²) in [7, 11) is 1.99. The molecule has 1 aromatic heterocycles. The summed E-state index contributed by atoms with van der Waals surface area (Å²) >= 11 is 0. The van der Waals surface area contributed by atoms with Gasteiger partial charge in [0.1, 0.15) is 5.52 Å². The number of aromatic nitrogens is 2. The SMILES string of the molecule is CNCCC1CCN(C(=O)c2cccc3nccnc23)CC1. The number of carbonyl (C=O) groups excluding carboxylic acids is 1. The lowest BCUT2D eigenvalue weighted by molar-refractivity contribution is 0.0689. The molecule has 1 N–H and O–H groups in total. The standard InChI is InChI=1S/C17H22N4O/c1-18-8-5-13-6-11-21(12-7-13)17(22)14-3-2-4-15-16(14)20-10-9-19-15/h2-4,9-10,13,18H,5-8,11-12H2,1H3. The van der Waals surface area contributed by atoms with E-state index in [4.69, 9.17) is 0 Å². The Balaban J connectivity index is 1.72. The van der Waals surface area contributed by atoms with Crippen LogP contribution in [0.2, 0.25) is 0 Å². The summed E-state index contributed by atoms with van der Waals surface area (Å²) in [4.78, 5) is 23.3. The average Bonchev–Trinajstić information content (AvgIpc) is 2.59. The maximum absolute atomic E-state index is 12.8. The van der Waals surface area contributed by atoms with Gasteiger partial charge in [-0.25, -0.2) is 0 Å². The average molecular weight is 298 g/mol. The van der Waals surface area contributed by atoms with E-state index < -0.39 is 0 Å². The molecule has 2 aromatic rings. The first-order valence-corrected chi connectivity index (χ1v) is 7.93. The van der Waals surface area contributed by atoms with Gasteiger partial charge in [-0.3, -0.25) is 14.8 Å². The molecule has 0 bridgehead atoms. The van der Waals surface area contributed by atoms with Crippen molar-refractivity contribution in [3.63, 3.8) is 0 Å². The number of nitrogens with zero attached hydrogens (tertiary/aromatic N) is 3. The third kappa shape index (κ3) is 3.09. The fourth-order valence-electron chi connectivity index (χ4n) is 3.11. The van der Waals surface area contributed by atoms with E-state index in [1.165, 1.54) is 6.42 Å². The number of para-hydroxylation sites is 1. The molecule has 0 radical (unpaired) electrons. The number of hydrogen-bond acceptors (Lipinski definition) is 4. The fraction of sp³-hybridized carbons (Fsp3) is 0.471. The first-order valence-electron chi connectivity index (χ1n) is 7.93. The van der Waals surface area contributed by atoms with Crippen LogP contribution in [0.5, 0.6) is 0 Å². The number of piperidine rings is 1. The molecule has 0 unspecified atom stereocenters. The molecule has 3 rings (SSSR count). The zero-order valence-electron chi connectivity index (χ0n) is 13.0. The highest BCUT2D eigenvalue weighted by Gasteiger charge is 2.24. The fourth-order valence-corrected chi connectivity index (χ4v) is 3.11. The number of likely N-dealkylation sites (tertiary alicyclic amines) is 1. The third-order valence-electron chi connectivity index (χ3n) is 4.43. The predicted molar refractivity (Wildman–Crippen MR) is 86.7 cm³/mol. The van der Waals surface area contributed by atoms with Crippen molar-refractivity contribution >= 4 is 16.9 Å². The van der Waals surface area contributed by atoms with Crippen molar-refractivity contribution in [2.24, 2.45) is 5.92 Å². The van der Waals surface area contributed by atoms with E-state index in [-0.39, 0.29) is 5.91 Å². The maximum Gasteiger partial charge on any atom is 0.256 e. The Morgan fingerprint density at radius 3 is 2.82 bits per heavy atom. The van der Waals surface area contributed by atoms with Crippen molar-refractivity contribution in [2.45, 2.75) is 19.3 Å². The van der Waals surface area contributed by atoms with Gasteiger partial charge in [0, 0.05) is 25.5 Å². The highest BCUT2D eigenvalue weighted by atomic mass is 16.2. The van der Waals surface area contributed by atoms with E-state index in [1.807, 2.05) is 30.1 Å². The molecule has 0 aliphatic carbocycles. The first-order chi connectivity index (χ1) is 10.8. The Morgan fingerprint density at radius 2 is 2.05 bits per heavy atom. The van der Waals surface area contributed by atoms with Crippen molar-refractivity contribution in [3.05, 3.63) is 36.2 Å². The second kappa shape index (κ2) is 6.83. The van der Waals surface area contributed by atoms with E-state index in [0.29, 0.717) is 11.1 Å². The molecule has 5 heteroatoms. The molecular weight excluding hydrogens is 276 g/mol. The second-order valence-corrected chi connectivity index (χ2v) is 5.86. The van der Waals surface area contributed by atoms with E-state index >= 15 is 0 Å². The zero-order chi connectivity index (χ0) is 15.4. The molecule has 2 heterocycles. The van der Waals surface area contributed by atoms with Crippen molar-refractivity contribution in [1.29, 1.82) is 0 Å². The highest BCUT2D eigenvalue weighted by Crippen LogP contribution is 2.23. The van der Waals surface area contributed by atoms with E-state index in [0.717, 1.165) is 43.9 Å². The van der Waals surface area contributed by atoms with Gasteiger partial charge in [-0.1, -0.05) is 6.07 Å². The van der Waals surface area contributed by atoms with Gasteiger partial charge in [0.2, 0.25) is 0 Å². The molecule has 1 saturated heterocycles. The van der Waals surface area contributed by atoms with Crippen molar-refractivity contribution in [3.8, 4) is 0 Å². The molecule has 1 aliphatic rings. The molecule has 1 fully saturated rings. The Labute approximate surface area is 130 Å². The van der Waals surface area contributed by atoms with Gasteiger partial charge in [-0.15, -0.1) is 0 Å². The Morgan fingerprint density at radius 1 is 1.27 bits per heavy atom. The summed E-state index contributed by atoms with van der Waals surface area (Å²) in [6, 6.07) is 5.62. The monoisotopic (exact) mass is 298 g/mol. The topological polar surface area (TPSA) is 58.1 Å². The molecule has 22 heavy (non-hydrogen) atoms. The minimum absolute atomic E-state index is 0.0816. The van der Waals surface area contributed by atoms with Gasteiger partial charge in [0.25, 0.3) is 5.91 Å². The number of amides is 1. The molecule has 5 nitrogen and oxygen atoms in total. The molecule has 0 spiro atoms. The molecular formula is C17H22N4O. The van der Waals surface area contributed by atoms with Crippen LogP contribution in [-0.2, 0) is 0 Å². The third-order valence-corrected chi connectivity index (χ3v) is 4.43. The summed E-state index contributed by atoms with van der Waals surface area (Å²) in [5.74, 6) is 0.807. The van der Waals surface area contributed by atoms with Crippen LogP contribution in [0.3, 0.4) is 0 Å². The minimum Gasteiger partial charge on any atom is -0.339 e. The number of rotatable bonds is 4. The lowest BCUT2D eigenvalue weighted by atomic mass is 9.93. The highest BCUT2D eigenvalue weighted by molar-refractivity contribution is 6.04. The second-order valence-electron chi connectivity index (χ2n) is 5.86. The molecule has 0 atom stereocenters. The molecule has 1 aromatic carbocycles. The minimum atomic E-state index is 0.0816. The largest absolute Gasteiger partial charge is 0.339 e.